The van der Waals surface area contributed by atoms with Crippen LogP contribution >= 0.6 is 7.60 Å². The molecule has 0 atom stereocenters. The van der Waals surface area contributed by atoms with Crippen LogP contribution in [0.2, 0.25) is 0 Å². The summed E-state index contributed by atoms with van der Waals surface area (Å²) in [6.07, 6.45) is 0. The van der Waals surface area contributed by atoms with Crippen LogP contribution in [-0.2, 0) is 9.30 Å². The predicted octanol–water partition coefficient (Wildman–Crippen LogP) is 2.18. The first kappa shape index (κ1) is 15.7. The van der Waals surface area contributed by atoms with E-state index in [0.717, 1.165) is 16.9 Å². The topological polar surface area (TPSA) is 76.0 Å². The van der Waals surface area contributed by atoms with Gasteiger partial charge in [-0.15, -0.1) is 0 Å². The minimum atomic E-state index is -4.18. The van der Waals surface area contributed by atoms with Crippen molar-refractivity contribution in [1.82, 2.24) is 0 Å². The van der Waals surface area contributed by atoms with Gasteiger partial charge in [-0.3, -0.25) is 4.57 Å². The highest BCUT2D eigenvalue weighted by Gasteiger charge is 2.16. The molecule has 0 heterocycles. The summed E-state index contributed by atoms with van der Waals surface area (Å²) in [5.41, 5.74) is 1.84. The molecule has 0 amide bonds. The van der Waals surface area contributed by atoms with Crippen LogP contribution in [0.5, 0.6) is 5.75 Å². The fourth-order valence-electron chi connectivity index (χ4n) is 1.83. The minimum Gasteiger partial charge on any atom is -0.491 e. The van der Waals surface area contributed by atoms with Crippen molar-refractivity contribution in [3.63, 3.8) is 0 Å². The van der Waals surface area contributed by atoms with Gasteiger partial charge in [-0.25, -0.2) is 0 Å². The molecule has 0 bridgehead atoms. The molecule has 0 fully saturated rings. The highest BCUT2D eigenvalue weighted by Crippen LogP contribution is 2.33. The molecule has 112 valence electrons. The highest BCUT2D eigenvalue weighted by atomic mass is 31.2. The zero-order valence-electron chi connectivity index (χ0n) is 11.6. The number of benzene rings is 2. The van der Waals surface area contributed by atoms with E-state index in [1.807, 2.05) is 24.3 Å². The lowest BCUT2D eigenvalue weighted by Crippen LogP contribution is -2.04. The van der Waals surface area contributed by atoms with Gasteiger partial charge in [-0.05, 0) is 35.4 Å². The molecule has 6 heteroatoms. The van der Waals surface area contributed by atoms with Crippen LogP contribution < -0.4 is 10.0 Å². The molecule has 0 unspecified atom stereocenters. The summed E-state index contributed by atoms with van der Waals surface area (Å²) < 4.78 is 21.5. The average Bonchev–Trinajstić information content (AvgIpc) is 2.48. The van der Waals surface area contributed by atoms with Crippen LogP contribution in [0.4, 0.5) is 0 Å². The van der Waals surface area contributed by atoms with E-state index in [2.05, 4.69) is 0 Å². The normalized spacial score (nSPS) is 11.4. The Kier molecular flexibility index (Phi) is 5.15. The highest BCUT2D eigenvalue weighted by molar-refractivity contribution is 7.60. The van der Waals surface area contributed by atoms with E-state index in [4.69, 9.17) is 19.3 Å². The van der Waals surface area contributed by atoms with E-state index < -0.39 is 7.60 Å². The first-order chi connectivity index (χ1) is 10.0. The molecule has 21 heavy (non-hydrogen) atoms. The minimum absolute atomic E-state index is 0.0192. The summed E-state index contributed by atoms with van der Waals surface area (Å²) in [6.45, 7) is 1.03. The summed E-state index contributed by atoms with van der Waals surface area (Å²) in [6, 6.07) is 13.8. The van der Waals surface area contributed by atoms with E-state index in [1.54, 1.807) is 19.2 Å². The summed E-state index contributed by atoms with van der Waals surface area (Å²) >= 11 is 0. The van der Waals surface area contributed by atoms with E-state index >= 15 is 0 Å². The van der Waals surface area contributed by atoms with E-state index in [1.165, 1.54) is 12.1 Å². The molecule has 2 aromatic carbocycles. The smallest absolute Gasteiger partial charge is 0.356 e. The fraction of sp³-hybridized carbons (Fsp3) is 0.200. The molecule has 0 aromatic heterocycles. The Balaban J connectivity index is 2.10. The zero-order chi connectivity index (χ0) is 15.3. The summed E-state index contributed by atoms with van der Waals surface area (Å²) in [7, 11) is -2.57. The van der Waals surface area contributed by atoms with E-state index in [0.29, 0.717) is 13.2 Å². The number of methoxy groups -OCH3 is 1. The molecule has 0 aliphatic rings. The molecule has 0 aliphatic carbocycles. The van der Waals surface area contributed by atoms with Crippen LogP contribution in [-0.4, -0.2) is 30.1 Å². The standard InChI is InChI=1S/C15H17O5P/c1-19-10-11-20-14-6-2-12(3-7-14)13-4-8-15(9-5-13)21(16,17)18/h2-9H,10-11H2,1H3,(H2,16,17,18). The van der Waals surface area contributed by atoms with Crippen molar-refractivity contribution in [2.45, 2.75) is 0 Å². The second kappa shape index (κ2) is 6.87. The van der Waals surface area contributed by atoms with E-state index in [-0.39, 0.29) is 5.30 Å². The predicted molar refractivity (Wildman–Crippen MR) is 80.9 cm³/mol. The first-order valence-electron chi connectivity index (χ1n) is 6.39. The van der Waals surface area contributed by atoms with Crippen molar-refractivity contribution in [3.05, 3.63) is 48.5 Å². The Morgan fingerprint density at radius 3 is 1.90 bits per heavy atom. The van der Waals surface area contributed by atoms with Crippen molar-refractivity contribution in [3.8, 4) is 16.9 Å². The van der Waals surface area contributed by atoms with Crippen molar-refractivity contribution < 1.29 is 23.8 Å². The maximum absolute atomic E-state index is 11.1. The SMILES string of the molecule is COCCOc1ccc(-c2ccc(P(=O)(O)O)cc2)cc1. The second-order valence-corrected chi connectivity index (χ2v) is 6.06. The molecule has 2 aromatic rings. The molecule has 2 N–H and O–H groups in total. The molecule has 5 nitrogen and oxygen atoms in total. The maximum Gasteiger partial charge on any atom is 0.356 e. The molecular weight excluding hydrogens is 291 g/mol. The molecule has 0 saturated heterocycles. The summed E-state index contributed by atoms with van der Waals surface area (Å²) in [4.78, 5) is 18.1. The van der Waals surface area contributed by atoms with Gasteiger partial charge in [0, 0.05) is 7.11 Å². The quantitative estimate of drug-likeness (QED) is 0.632. The number of ether oxygens (including phenoxy) is 2. The third kappa shape index (κ3) is 4.41. The van der Waals surface area contributed by atoms with Gasteiger partial charge in [0.15, 0.2) is 0 Å². The Hall–Kier alpha value is -1.65. The molecule has 0 spiro atoms. The summed E-state index contributed by atoms with van der Waals surface area (Å²) in [5, 5.41) is 0.0192. The molecule has 0 radical (unpaired) electrons. The van der Waals surface area contributed by atoms with Crippen LogP contribution in [0.1, 0.15) is 0 Å². The van der Waals surface area contributed by atoms with Crippen LogP contribution in [0, 0.1) is 0 Å². The number of hydrogen-bond donors (Lipinski definition) is 2. The van der Waals surface area contributed by atoms with Gasteiger partial charge in [0.1, 0.15) is 12.4 Å². The third-order valence-corrected chi connectivity index (χ3v) is 3.92. The van der Waals surface area contributed by atoms with Gasteiger partial charge >= 0.3 is 7.60 Å². The molecule has 0 aliphatic heterocycles. The lowest BCUT2D eigenvalue weighted by atomic mass is 10.1. The van der Waals surface area contributed by atoms with Crippen molar-refractivity contribution in [2.75, 3.05) is 20.3 Å². The van der Waals surface area contributed by atoms with Crippen LogP contribution in [0.3, 0.4) is 0 Å². The van der Waals surface area contributed by atoms with E-state index in [9.17, 15) is 4.57 Å². The van der Waals surface area contributed by atoms with Gasteiger partial charge in [-0.1, -0.05) is 24.3 Å². The van der Waals surface area contributed by atoms with Gasteiger partial charge < -0.3 is 19.3 Å². The van der Waals surface area contributed by atoms with Gasteiger partial charge in [0.05, 0.1) is 11.9 Å². The second-order valence-electron chi connectivity index (χ2n) is 4.46. The Morgan fingerprint density at radius 1 is 0.905 bits per heavy atom. The monoisotopic (exact) mass is 308 g/mol. The van der Waals surface area contributed by atoms with Crippen LogP contribution in [0.15, 0.2) is 48.5 Å². The molecule has 0 saturated carbocycles. The lowest BCUT2D eigenvalue weighted by molar-refractivity contribution is 0.146. The zero-order valence-corrected chi connectivity index (χ0v) is 12.5. The average molecular weight is 308 g/mol. The van der Waals surface area contributed by atoms with Crippen LogP contribution in [0.25, 0.3) is 11.1 Å². The number of rotatable bonds is 6. The van der Waals surface area contributed by atoms with Crippen molar-refractivity contribution in [2.24, 2.45) is 0 Å². The third-order valence-electron chi connectivity index (χ3n) is 2.95. The number of hydrogen-bond acceptors (Lipinski definition) is 3. The van der Waals surface area contributed by atoms with Crippen molar-refractivity contribution >= 4 is 12.9 Å². The Bertz CT molecular complexity index is 616. The lowest BCUT2D eigenvalue weighted by Gasteiger charge is -2.08. The fourth-order valence-corrected chi connectivity index (χ4v) is 2.37. The van der Waals surface area contributed by atoms with Gasteiger partial charge in [-0.2, -0.15) is 0 Å². The summed E-state index contributed by atoms with van der Waals surface area (Å²) in [5.74, 6) is 0.752. The largest absolute Gasteiger partial charge is 0.491 e. The Labute approximate surface area is 123 Å². The van der Waals surface area contributed by atoms with Gasteiger partial charge in [0.2, 0.25) is 0 Å². The molecule has 2 rings (SSSR count). The molecular formula is C15H17O5P. The van der Waals surface area contributed by atoms with Gasteiger partial charge in [0.25, 0.3) is 0 Å². The maximum atomic E-state index is 11.1. The first-order valence-corrected chi connectivity index (χ1v) is 8.00. The van der Waals surface area contributed by atoms with Crippen molar-refractivity contribution in [1.29, 1.82) is 0 Å². The Morgan fingerprint density at radius 2 is 1.43 bits per heavy atom.